The van der Waals surface area contributed by atoms with E-state index in [1.165, 1.54) is 12.0 Å². The maximum Gasteiger partial charge on any atom is 0.306 e. The first-order valence-corrected chi connectivity index (χ1v) is 5.64. The first-order chi connectivity index (χ1) is 7.97. The Kier molecular flexibility index (Phi) is 4.48. The highest BCUT2D eigenvalue weighted by Crippen LogP contribution is 2.20. The van der Waals surface area contributed by atoms with Crippen LogP contribution in [0.5, 0.6) is 0 Å². The molecule has 1 rings (SSSR count). The Bertz CT molecular complexity index is 329. The maximum absolute atomic E-state index is 12.0. The van der Waals surface area contributed by atoms with Crippen molar-refractivity contribution >= 4 is 17.8 Å². The molecule has 0 aromatic heterocycles. The lowest BCUT2D eigenvalue weighted by Gasteiger charge is -2.25. The number of carbonyl (C=O) groups excluding carboxylic acids is 3. The van der Waals surface area contributed by atoms with Gasteiger partial charge in [0.05, 0.1) is 13.5 Å². The molecule has 17 heavy (non-hydrogen) atoms. The van der Waals surface area contributed by atoms with E-state index in [0.717, 1.165) is 6.42 Å². The van der Waals surface area contributed by atoms with Crippen LogP contribution >= 0.6 is 0 Å². The number of likely N-dealkylation sites (tertiary alicyclic amines) is 1. The van der Waals surface area contributed by atoms with Crippen LogP contribution in [0.4, 0.5) is 0 Å². The van der Waals surface area contributed by atoms with E-state index in [1.54, 1.807) is 6.92 Å². The van der Waals surface area contributed by atoms with Gasteiger partial charge in [-0.1, -0.05) is 6.92 Å². The van der Waals surface area contributed by atoms with Crippen LogP contribution in [-0.2, 0) is 19.1 Å². The Balaban J connectivity index is 2.62. The summed E-state index contributed by atoms with van der Waals surface area (Å²) in [5.74, 6) is -1.61. The van der Waals surface area contributed by atoms with Gasteiger partial charge in [-0.25, -0.2) is 0 Å². The number of esters is 1. The summed E-state index contributed by atoms with van der Waals surface area (Å²) in [7, 11) is 1.28. The van der Waals surface area contributed by atoms with Crippen LogP contribution in [0.3, 0.4) is 0 Å². The van der Waals surface area contributed by atoms with Crippen LogP contribution in [0.1, 0.15) is 26.2 Å². The molecular formula is C11H18N2O4. The molecule has 2 atom stereocenters. The molecule has 0 saturated carbocycles. The van der Waals surface area contributed by atoms with Gasteiger partial charge in [-0.3, -0.25) is 14.4 Å². The predicted molar refractivity (Wildman–Crippen MR) is 59.7 cm³/mol. The van der Waals surface area contributed by atoms with Crippen molar-refractivity contribution in [3.05, 3.63) is 0 Å². The van der Waals surface area contributed by atoms with Crippen LogP contribution in [0, 0.1) is 5.92 Å². The zero-order valence-corrected chi connectivity index (χ0v) is 10.1. The summed E-state index contributed by atoms with van der Waals surface area (Å²) in [6, 6.07) is -0.525. The summed E-state index contributed by atoms with van der Waals surface area (Å²) in [6.07, 6.45) is 1.40. The fourth-order valence-electron chi connectivity index (χ4n) is 2.03. The Labute approximate surface area is 100 Å². The number of hydrogen-bond acceptors (Lipinski definition) is 4. The number of methoxy groups -OCH3 is 1. The summed E-state index contributed by atoms with van der Waals surface area (Å²) in [6.45, 7) is 2.17. The predicted octanol–water partition coefficient (Wildman–Crippen LogP) is -0.338. The molecule has 0 aromatic carbocycles. The lowest BCUT2D eigenvalue weighted by molar-refractivity contribution is -0.147. The lowest BCUT2D eigenvalue weighted by atomic mass is 10.1. The van der Waals surface area contributed by atoms with Crippen LogP contribution in [0.15, 0.2) is 0 Å². The van der Waals surface area contributed by atoms with E-state index in [2.05, 4.69) is 4.74 Å². The molecule has 2 N–H and O–H groups in total. The smallest absolute Gasteiger partial charge is 0.306 e. The van der Waals surface area contributed by atoms with Crippen molar-refractivity contribution in [3.8, 4) is 0 Å². The van der Waals surface area contributed by atoms with Gasteiger partial charge in [-0.15, -0.1) is 0 Å². The number of nitrogens with two attached hydrogens (primary N) is 1. The lowest BCUT2D eigenvalue weighted by Crippen LogP contribution is -2.46. The van der Waals surface area contributed by atoms with Crippen molar-refractivity contribution in [2.75, 3.05) is 13.7 Å². The maximum atomic E-state index is 12.0. The van der Waals surface area contributed by atoms with Crippen LogP contribution in [0.25, 0.3) is 0 Å². The molecule has 0 aliphatic carbocycles. The number of hydrogen-bond donors (Lipinski definition) is 1. The highest BCUT2D eigenvalue weighted by molar-refractivity contribution is 5.89. The minimum atomic E-state index is -0.525. The molecule has 0 radical (unpaired) electrons. The van der Waals surface area contributed by atoms with Crippen LogP contribution < -0.4 is 5.73 Å². The van der Waals surface area contributed by atoms with E-state index < -0.39 is 23.8 Å². The molecule has 1 heterocycles. The average molecular weight is 242 g/mol. The van der Waals surface area contributed by atoms with Crippen LogP contribution in [0.2, 0.25) is 0 Å². The number of amides is 2. The fraction of sp³-hybridized carbons (Fsp3) is 0.727. The quantitative estimate of drug-likeness (QED) is 0.683. The normalized spacial score (nSPS) is 21.1. The number of ether oxygens (including phenoxy) is 1. The standard InChI is InChI=1S/C11H18N2O4/c1-7(6-9(14)17-2)11(16)13-5-3-4-8(13)10(12)15/h7-8H,3-6H2,1-2H3,(H2,12,15)/t7?,8-/m0/s1. The molecule has 6 nitrogen and oxygen atoms in total. The molecule has 1 fully saturated rings. The second-order valence-corrected chi connectivity index (χ2v) is 4.27. The van der Waals surface area contributed by atoms with E-state index >= 15 is 0 Å². The van der Waals surface area contributed by atoms with Gasteiger partial charge in [0.1, 0.15) is 6.04 Å². The first-order valence-electron chi connectivity index (χ1n) is 5.64. The highest BCUT2D eigenvalue weighted by Gasteiger charge is 2.35. The molecule has 0 bridgehead atoms. The largest absolute Gasteiger partial charge is 0.469 e. The summed E-state index contributed by atoms with van der Waals surface area (Å²) in [4.78, 5) is 35.7. The summed E-state index contributed by atoms with van der Waals surface area (Å²) in [5.41, 5.74) is 5.23. The molecule has 0 aromatic rings. The monoisotopic (exact) mass is 242 g/mol. The minimum absolute atomic E-state index is 0.0251. The highest BCUT2D eigenvalue weighted by atomic mass is 16.5. The fourth-order valence-corrected chi connectivity index (χ4v) is 2.03. The van der Waals surface area contributed by atoms with Gasteiger partial charge < -0.3 is 15.4 Å². The van der Waals surface area contributed by atoms with Gasteiger partial charge in [-0.2, -0.15) is 0 Å². The first kappa shape index (κ1) is 13.5. The average Bonchev–Trinajstić information content (AvgIpc) is 2.76. The molecule has 6 heteroatoms. The number of rotatable bonds is 4. The van der Waals surface area contributed by atoms with Crippen molar-refractivity contribution in [1.29, 1.82) is 0 Å². The third-order valence-corrected chi connectivity index (χ3v) is 2.99. The summed E-state index contributed by atoms with van der Waals surface area (Å²) < 4.78 is 4.51. The molecular weight excluding hydrogens is 224 g/mol. The van der Waals surface area contributed by atoms with Gasteiger partial charge in [-0.05, 0) is 12.8 Å². The van der Waals surface area contributed by atoms with Crippen molar-refractivity contribution in [2.45, 2.75) is 32.2 Å². The van der Waals surface area contributed by atoms with Crippen LogP contribution in [-0.4, -0.2) is 42.4 Å². The number of primary amides is 1. The number of carbonyl (C=O) groups is 3. The zero-order valence-electron chi connectivity index (χ0n) is 10.1. The van der Waals surface area contributed by atoms with E-state index in [-0.39, 0.29) is 12.3 Å². The molecule has 2 amide bonds. The van der Waals surface area contributed by atoms with Gasteiger partial charge in [0.25, 0.3) is 0 Å². The van der Waals surface area contributed by atoms with E-state index in [4.69, 9.17) is 5.73 Å². The summed E-state index contributed by atoms with van der Waals surface area (Å²) in [5, 5.41) is 0. The van der Waals surface area contributed by atoms with Gasteiger partial charge in [0.15, 0.2) is 0 Å². The van der Waals surface area contributed by atoms with Crippen molar-refractivity contribution in [3.63, 3.8) is 0 Å². The molecule has 1 aliphatic rings. The van der Waals surface area contributed by atoms with E-state index in [0.29, 0.717) is 13.0 Å². The Morgan fingerprint density at radius 2 is 2.12 bits per heavy atom. The van der Waals surface area contributed by atoms with Crippen molar-refractivity contribution in [1.82, 2.24) is 4.90 Å². The van der Waals surface area contributed by atoms with E-state index in [1.807, 2.05) is 0 Å². The van der Waals surface area contributed by atoms with E-state index in [9.17, 15) is 14.4 Å². The third-order valence-electron chi connectivity index (χ3n) is 2.99. The third kappa shape index (κ3) is 3.18. The zero-order chi connectivity index (χ0) is 13.0. The second-order valence-electron chi connectivity index (χ2n) is 4.27. The molecule has 0 spiro atoms. The number of nitrogens with zero attached hydrogens (tertiary/aromatic N) is 1. The van der Waals surface area contributed by atoms with Gasteiger partial charge >= 0.3 is 5.97 Å². The Morgan fingerprint density at radius 3 is 2.65 bits per heavy atom. The summed E-state index contributed by atoms with van der Waals surface area (Å²) >= 11 is 0. The minimum Gasteiger partial charge on any atom is -0.469 e. The molecule has 1 aliphatic heterocycles. The molecule has 96 valence electrons. The Morgan fingerprint density at radius 1 is 1.47 bits per heavy atom. The van der Waals surface area contributed by atoms with Crippen molar-refractivity contribution in [2.24, 2.45) is 11.7 Å². The second kappa shape index (κ2) is 5.65. The SMILES string of the molecule is COC(=O)CC(C)C(=O)N1CCC[C@H]1C(N)=O. The van der Waals surface area contributed by atoms with Gasteiger partial charge in [0, 0.05) is 12.5 Å². The van der Waals surface area contributed by atoms with Gasteiger partial charge in [0.2, 0.25) is 11.8 Å². The molecule has 1 unspecified atom stereocenters. The molecule has 1 saturated heterocycles. The van der Waals surface area contributed by atoms with Crippen molar-refractivity contribution < 1.29 is 19.1 Å². The topological polar surface area (TPSA) is 89.7 Å². The Hall–Kier alpha value is -1.59.